The van der Waals surface area contributed by atoms with Gasteiger partial charge in [-0.15, -0.1) is 0 Å². The standard InChI is InChI=1S/C26H44N2O3S/c29-23-20-32-19-18-27-24(30)26(16-14-25(23,15-17-26)28-21-10-9-11-21)31-22-12-7-5-3-1-2-4-6-8-13-22/h21-22,28H,1-20H2,(H,27,30). The van der Waals surface area contributed by atoms with Gasteiger partial charge in [-0.05, 0) is 51.4 Å². The second kappa shape index (κ2) is 11.7. The van der Waals surface area contributed by atoms with E-state index >= 15 is 0 Å². The number of thioether (sulfide) groups is 1. The number of carbonyl (C=O) groups is 2. The summed E-state index contributed by atoms with van der Waals surface area (Å²) in [6.07, 6.45) is 19.0. The molecule has 5 aliphatic rings. The van der Waals surface area contributed by atoms with Gasteiger partial charge in [-0.25, -0.2) is 0 Å². The molecule has 3 saturated carbocycles. The fourth-order valence-electron chi connectivity index (χ4n) is 6.01. The van der Waals surface area contributed by atoms with Crippen molar-refractivity contribution in [3.05, 3.63) is 0 Å². The van der Waals surface area contributed by atoms with Crippen LogP contribution in [0.3, 0.4) is 0 Å². The van der Waals surface area contributed by atoms with Gasteiger partial charge in [0.1, 0.15) is 5.60 Å². The maximum atomic E-state index is 13.5. The number of ether oxygens (including phenoxy) is 1. The van der Waals surface area contributed by atoms with E-state index in [0.29, 0.717) is 37.0 Å². The minimum atomic E-state index is -0.759. The number of fused-ring (bicyclic) bond motifs is 8. The predicted octanol–water partition coefficient (Wildman–Crippen LogP) is 4.91. The molecule has 2 bridgehead atoms. The molecule has 0 unspecified atom stereocenters. The molecule has 0 aromatic rings. The monoisotopic (exact) mass is 464 g/mol. The number of Topliss-reactive ketones (excluding diaryl/α,β-unsaturated/α-hetero) is 1. The molecule has 5 fully saturated rings. The largest absolute Gasteiger partial charge is 0.362 e. The van der Waals surface area contributed by atoms with Crippen LogP contribution in [0.4, 0.5) is 0 Å². The van der Waals surface area contributed by atoms with Crippen LogP contribution in [0.1, 0.15) is 109 Å². The number of hydrogen-bond donors (Lipinski definition) is 2. The Hall–Kier alpha value is -0.590. The third-order valence-electron chi connectivity index (χ3n) is 8.40. The average Bonchev–Trinajstić information content (AvgIpc) is 2.85. The Morgan fingerprint density at radius 2 is 1.44 bits per heavy atom. The fraction of sp³-hybridized carbons (Fsp3) is 0.923. The summed E-state index contributed by atoms with van der Waals surface area (Å²) in [6, 6.07) is 0.471. The van der Waals surface area contributed by atoms with Crippen LogP contribution in [-0.4, -0.2) is 53.0 Å². The topological polar surface area (TPSA) is 67.4 Å². The van der Waals surface area contributed by atoms with Crippen LogP contribution in [0, 0.1) is 0 Å². The number of ketones is 1. The quantitative estimate of drug-likeness (QED) is 0.619. The minimum absolute atomic E-state index is 0.0685. The highest BCUT2D eigenvalue weighted by molar-refractivity contribution is 7.99. The molecule has 0 aromatic carbocycles. The lowest BCUT2D eigenvalue weighted by atomic mass is 9.70. The Morgan fingerprint density at radius 1 is 0.812 bits per heavy atom. The van der Waals surface area contributed by atoms with E-state index in [1.165, 1.54) is 70.6 Å². The highest BCUT2D eigenvalue weighted by Crippen LogP contribution is 2.42. The molecule has 3 aliphatic carbocycles. The molecule has 5 rings (SSSR count). The maximum Gasteiger partial charge on any atom is 0.252 e. The first kappa shape index (κ1) is 24.5. The van der Waals surface area contributed by atoms with Crippen molar-refractivity contribution in [1.29, 1.82) is 0 Å². The third kappa shape index (κ3) is 6.09. The summed E-state index contributed by atoms with van der Waals surface area (Å²) >= 11 is 1.66. The second-order valence-corrected chi connectivity index (χ2v) is 11.8. The van der Waals surface area contributed by atoms with E-state index in [0.717, 1.165) is 31.4 Å². The summed E-state index contributed by atoms with van der Waals surface area (Å²) in [6.45, 7) is 0.621. The van der Waals surface area contributed by atoms with Crippen LogP contribution in [0.15, 0.2) is 0 Å². The molecular weight excluding hydrogens is 420 g/mol. The molecule has 5 nitrogen and oxygen atoms in total. The molecule has 0 aromatic heterocycles. The zero-order chi connectivity index (χ0) is 22.3. The Morgan fingerprint density at radius 3 is 2.03 bits per heavy atom. The normalized spacial score (nSPS) is 34.8. The van der Waals surface area contributed by atoms with Gasteiger partial charge in [0.15, 0.2) is 5.78 Å². The molecular formula is C26H44N2O3S. The molecule has 0 radical (unpaired) electrons. The van der Waals surface area contributed by atoms with E-state index in [-0.39, 0.29) is 12.0 Å². The van der Waals surface area contributed by atoms with Crippen LogP contribution in [-0.2, 0) is 14.3 Å². The van der Waals surface area contributed by atoms with Crippen LogP contribution in [0.25, 0.3) is 0 Å². The number of nitrogens with one attached hydrogen (secondary N) is 2. The molecule has 2 heterocycles. The molecule has 0 atom stereocenters. The highest BCUT2D eigenvalue weighted by atomic mass is 32.2. The van der Waals surface area contributed by atoms with Crippen molar-refractivity contribution in [1.82, 2.24) is 10.6 Å². The molecule has 2 saturated heterocycles. The number of amides is 1. The van der Waals surface area contributed by atoms with Gasteiger partial charge in [0.2, 0.25) is 0 Å². The molecule has 2 N–H and O–H groups in total. The first-order valence-corrected chi connectivity index (χ1v) is 14.6. The Labute approximate surface area is 198 Å². The summed E-state index contributed by atoms with van der Waals surface area (Å²) in [4.78, 5) is 26.8. The summed E-state index contributed by atoms with van der Waals surface area (Å²) in [7, 11) is 0. The van der Waals surface area contributed by atoms with Gasteiger partial charge in [0.05, 0.1) is 17.4 Å². The lowest BCUT2D eigenvalue weighted by molar-refractivity contribution is -0.168. The van der Waals surface area contributed by atoms with Crippen molar-refractivity contribution in [2.24, 2.45) is 0 Å². The van der Waals surface area contributed by atoms with Crippen molar-refractivity contribution in [3.63, 3.8) is 0 Å². The van der Waals surface area contributed by atoms with E-state index in [9.17, 15) is 9.59 Å². The van der Waals surface area contributed by atoms with E-state index in [1.807, 2.05) is 0 Å². The summed E-state index contributed by atoms with van der Waals surface area (Å²) in [5, 5.41) is 6.94. The second-order valence-electron chi connectivity index (χ2n) is 10.7. The Bertz CT molecular complexity index is 617. The van der Waals surface area contributed by atoms with E-state index in [1.54, 1.807) is 11.8 Å². The lowest BCUT2D eigenvalue weighted by Crippen LogP contribution is -2.64. The molecule has 2 aliphatic heterocycles. The van der Waals surface area contributed by atoms with E-state index in [2.05, 4.69) is 10.6 Å². The van der Waals surface area contributed by atoms with Gasteiger partial charge in [-0.2, -0.15) is 11.8 Å². The van der Waals surface area contributed by atoms with Crippen molar-refractivity contribution in [2.45, 2.75) is 132 Å². The van der Waals surface area contributed by atoms with E-state index < -0.39 is 11.1 Å². The number of rotatable bonds is 4. The lowest BCUT2D eigenvalue weighted by Gasteiger charge is -2.48. The van der Waals surface area contributed by atoms with Gasteiger partial charge in [0, 0.05) is 18.3 Å². The predicted molar refractivity (Wildman–Crippen MR) is 131 cm³/mol. The zero-order valence-electron chi connectivity index (χ0n) is 19.9. The van der Waals surface area contributed by atoms with Gasteiger partial charge in [-0.3, -0.25) is 9.59 Å². The van der Waals surface area contributed by atoms with Crippen molar-refractivity contribution >= 4 is 23.5 Å². The highest BCUT2D eigenvalue weighted by Gasteiger charge is 2.52. The SMILES string of the molecule is O=C1CSCCNC(=O)C2(OC3CCCCCCCCCC3)CCC1(NC1CCC1)CC2. The fourth-order valence-corrected chi connectivity index (χ4v) is 6.87. The minimum Gasteiger partial charge on any atom is -0.362 e. The smallest absolute Gasteiger partial charge is 0.252 e. The van der Waals surface area contributed by atoms with Crippen LogP contribution in [0.5, 0.6) is 0 Å². The average molecular weight is 465 g/mol. The maximum absolute atomic E-state index is 13.5. The van der Waals surface area contributed by atoms with Gasteiger partial charge < -0.3 is 15.4 Å². The summed E-state index contributed by atoms with van der Waals surface area (Å²) < 4.78 is 6.83. The summed E-state index contributed by atoms with van der Waals surface area (Å²) in [5.41, 5.74) is -1.21. The van der Waals surface area contributed by atoms with Gasteiger partial charge in [-0.1, -0.05) is 57.8 Å². The van der Waals surface area contributed by atoms with Gasteiger partial charge >= 0.3 is 0 Å². The number of hydrogen-bond acceptors (Lipinski definition) is 5. The van der Waals surface area contributed by atoms with Crippen LogP contribution < -0.4 is 10.6 Å². The zero-order valence-corrected chi connectivity index (χ0v) is 20.7. The number of carbonyl (C=O) groups excluding carboxylic acids is 2. The first-order valence-electron chi connectivity index (χ1n) is 13.5. The Kier molecular flexibility index (Phi) is 8.97. The molecule has 0 spiro atoms. The molecule has 6 heteroatoms. The van der Waals surface area contributed by atoms with Crippen molar-refractivity contribution in [2.75, 3.05) is 18.1 Å². The van der Waals surface area contributed by atoms with Crippen molar-refractivity contribution < 1.29 is 14.3 Å². The van der Waals surface area contributed by atoms with E-state index in [4.69, 9.17) is 4.74 Å². The molecule has 32 heavy (non-hydrogen) atoms. The summed E-state index contributed by atoms with van der Waals surface area (Å²) in [5.74, 6) is 1.74. The molecule has 1 amide bonds. The molecule has 182 valence electrons. The van der Waals surface area contributed by atoms with Gasteiger partial charge in [0.25, 0.3) is 5.91 Å². The van der Waals surface area contributed by atoms with Crippen LogP contribution in [0.2, 0.25) is 0 Å². The van der Waals surface area contributed by atoms with Crippen LogP contribution >= 0.6 is 11.8 Å². The Balaban J connectivity index is 1.49. The third-order valence-corrected chi connectivity index (χ3v) is 9.36. The van der Waals surface area contributed by atoms with Crippen molar-refractivity contribution in [3.8, 4) is 0 Å². The first-order chi connectivity index (χ1) is 15.6.